The third-order valence-corrected chi connectivity index (χ3v) is 5.40. The molecule has 0 aliphatic carbocycles. The fourth-order valence-electron chi connectivity index (χ4n) is 4.42. The summed E-state index contributed by atoms with van der Waals surface area (Å²) in [5, 5.41) is 9.61. The highest BCUT2D eigenvalue weighted by Gasteiger charge is 2.50. The lowest BCUT2D eigenvalue weighted by Crippen LogP contribution is -2.53. The van der Waals surface area contributed by atoms with Crippen LogP contribution in [0.25, 0.3) is 0 Å². The number of likely N-dealkylation sites (tertiary alicyclic amines) is 1. The van der Waals surface area contributed by atoms with Crippen LogP contribution in [0.2, 0.25) is 0 Å². The van der Waals surface area contributed by atoms with Gasteiger partial charge in [0.05, 0.1) is 16.6 Å². The van der Waals surface area contributed by atoms with E-state index in [1.807, 2.05) is 0 Å². The number of hydrogen-bond donors (Lipinski definition) is 1. The third-order valence-electron chi connectivity index (χ3n) is 5.40. The molecule has 2 rings (SSSR count). The predicted octanol–water partition coefficient (Wildman–Crippen LogP) is 3.30. The van der Waals surface area contributed by atoms with Crippen molar-refractivity contribution in [1.29, 1.82) is 0 Å². The Labute approximate surface area is 128 Å². The maximum Gasteiger partial charge on any atom is 0.309 e. The van der Waals surface area contributed by atoms with E-state index in [-0.39, 0.29) is 11.2 Å². The van der Waals surface area contributed by atoms with Crippen LogP contribution in [0.5, 0.6) is 0 Å². The van der Waals surface area contributed by atoms with Crippen LogP contribution in [0.1, 0.15) is 66.7 Å². The Kier molecular flexibility index (Phi) is 4.42. The van der Waals surface area contributed by atoms with Gasteiger partial charge in [0, 0.05) is 6.04 Å². The maximum atomic E-state index is 11.7. The summed E-state index contributed by atoms with van der Waals surface area (Å²) in [6.07, 6.45) is 4.30. The van der Waals surface area contributed by atoms with Gasteiger partial charge in [-0.25, -0.2) is 0 Å². The van der Waals surface area contributed by atoms with Crippen molar-refractivity contribution in [1.82, 2.24) is 4.90 Å². The lowest BCUT2D eigenvalue weighted by molar-refractivity contribution is -0.153. The molecule has 0 amide bonds. The lowest BCUT2D eigenvalue weighted by Gasteiger charge is -2.44. The summed E-state index contributed by atoms with van der Waals surface area (Å²) in [4.78, 5) is 14.1. The van der Waals surface area contributed by atoms with Crippen LogP contribution in [-0.2, 0) is 9.53 Å². The Bertz CT molecular complexity index is 395. The van der Waals surface area contributed by atoms with E-state index < -0.39 is 11.4 Å². The molecule has 0 bridgehead atoms. The summed E-state index contributed by atoms with van der Waals surface area (Å²) >= 11 is 0. The van der Waals surface area contributed by atoms with E-state index in [2.05, 4.69) is 39.5 Å². The summed E-state index contributed by atoms with van der Waals surface area (Å²) in [5.74, 6) is -0.605. The summed E-state index contributed by atoms with van der Waals surface area (Å²) in [6.45, 7) is 12.5. The van der Waals surface area contributed by atoms with Gasteiger partial charge in [-0.1, -0.05) is 13.3 Å². The summed E-state index contributed by atoms with van der Waals surface area (Å²) in [5.41, 5.74) is -0.735. The van der Waals surface area contributed by atoms with Gasteiger partial charge >= 0.3 is 5.97 Å². The highest BCUT2D eigenvalue weighted by molar-refractivity contribution is 5.74. The van der Waals surface area contributed by atoms with E-state index in [1.54, 1.807) is 0 Å². The van der Waals surface area contributed by atoms with Crippen molar-refractivity contribution < 1.29 is 14.6 Å². The van der Waals surface area contributed by atoms with E-state index in [0.29, 0.717) is 6.04 Å². The molecule has 1 unspecified atom stereocenters. The van der Waals surface area contributed by atoms with E-state index >= 15 is 0 Å². The van der Waals surface area contributed by atoms with Crippen molar-refractivity contribution in [2.75, 3.05) is 13.1 Å². The fraction of sp³-hybridized carbons (Fsp3) is 0.941. The molecule has 0 spiro atoms. The van der Waals surface area contributed by atoms with Gasteiger partial charge in [0.2, 0.25) is 0 Å². The molecule has 0 radical (unpaired) electrons. The highest BCUT2D eigenvalue weighted by Crippen LogP contribution is 2.44. The minimum Gasteiger partial charge on any atom is -0.481 e. The molecule has 4 heteroatoms. The Hall–Kier alpha value is -0.610. The molecule has 0 aromatic carbocycles. The normalized spacial score (nSPS) is 31.2. The minimum absolute atomic E-state index is 0.0844. The van der Waals surface area contributed by atoms with Gasteiger partial charge in [0.15, 0.2) is 0 Å². The van der Waals surface area contributed by atoms with Gasteiger partial charge in [-0.2, -0.15) is 0 Å². The fourth-order valence-corrected chi connectivity index (χ4v) is 4.42. The molecule has 2 heterocycles. The van der Waals surface area contributed by atoms with Crippen LogP contribution in [-0.4, -0.2) is 46.3 Å². The van der Waals surface area contributed by atoms with Crippen molar-refractivity contribution in [2.24, 2.45) is 5.41 Å². The number of carbonyl (C=O) groups is 1. The molecule has 1 N–H and O–H groups in total. The average molecular weight is 297 g/mol. The van der Waals surface area contributed by atoms with Crippen molar-refractivity contribution in [3.63, 3.8) is 0 Å². The number of piperidine rings is 1. The zero-order valence-electron chi connectivity index (χ0n) is 14.2. The molecule has 4 nitrogen and oxygen atoms in total. The number of rotatable bonds is 4. The molecule has 1 atom stereocenters. The standard InChI is InChI=1S/C17H31NO3/c1-6-7-17(14(19)20)8-10-18(11-9-17)13-12-15(2,3)21-16(13,4)5/h13H,6-12H2,1-5H3,(H,19,20). The maximum absolute atomic E-state index is 11.7. The van der Waals surface area contributed by atoms with Gasteiger partial charge in [-0.15, -0.1) is 0 Å². The van der Waals surface area contributed by atoms with Gasteiger partial charge in [0.1, 0.15) is 0 Å². The Morgan fingerprint density at radius 1 is 1.24 bits per heavy atom. The minimum atomic E-state index is -0.605. The first kappa shape index (κ1) is 16.8. The van der Waals surface area contributed by atoms with E-state index in [9.17, 15) is 9.90 Å². The first-order valence-electron chi connectivity index (χ1n) is 8.29. The van der Waals surface area contributed by atoms with E-state index in [0.717, 1.165) is 45.2 Å². The van der Waals surface area contributed by atoms with Crippen LogP contribution >= 0.6 is 0 Å². The van der Waals surface area contributed by atoms with Crippen LogP contribution in [0, 0.1) is 5.41 Å². The predicted molar refractivity (Wildman–Crippen MR) is 83.4 cm³/mol. The van der Waals surface area contributed by atoms with Gasteiger partial charge in [-0.05, 0) is 66.5 Å². The quantitative estimate of drug-likeness (QED) is 0.865. The third kappa shape index (κ3) is 3.26. The van der Waals surface area contributed by atoms with E-state index in [1.165, 1.54) is 0 Å². The summed E-state index contributed by atoms with van der Waals surface area (Å²) in [7, 11) is 0. The second-order valence-corrected chi connectivity index (χ2v) is 8.06. The molecular formula is C17H31NO3. The number of carboxylic acid groups (broad SMARTS) is 1. The van der Waals surface area contributed by atoms with Gasteiger partial charge in [0.25, 0.3) is 0 Å². The Morgan fingerprint density at radius 2 is 1.81 bits per heavy atom. The molecule has 2 aliphatic rings. The van der Waals surface area contributed by atoms with Crippen molar-refractivity contribution in [2.45, 2.75) is 84.0 Å². The number of carboxylic acids is 1. The molecule has 122 valence electrons. The van der Waals surface area contributed by atoms with Crippen LogP contribution < -0.4 is 0 Å². The number of hydrogen-bond acceptors (Lipinski definition) is 3. The first-order valence-corrected chi connectivity index (χ1v) is 8.29. The first-order chi connectivity index (χ1) is 9.62. The zero-order chi connectivity index (χ0) is 15.9. The highest BCUT2D eigenvalue weighted by atomic mass is 16.5. The van der Waals surface area contributed by atoms with Crippen LogP contribution in [0.15, 0.2) is 0 Å². The van der Waals surface area contributed by atoms with E-state index in [4.69, 9.17) is 4.74 Å². The Balaban J connectivity index is 2.05. The molecule has 0 aromatic heterocycles. The van der Waals surface area contributed by atoms with Crippen LogP contribution in [0.3, 0.4) is 0 Å². The average Bonchev–Trinajstić information content (AvgIpc) is 2.58. The van der Waals surface area contributed by atoms with Crippen molar-refractivity contribution in [3.05, 3.63) is 0 Å². The van der Waals surface area contributed by atoms with Crippen molar-refractivity contribution >= 4 is 5.97 Å². The molecule has 0 saturated carbocycles. The number of nitrogens with zero attached hydrogens (tertiary/aromatic N) is 1. The number of ether oxygens (including phenoxy) is 1. The molecule has 0 aromatic rings. The molecular weight excluding hydrogens is 266 g/mol. The largest absolute Gasteiger partial charge is 0.481 e. The second kappa shape index (κ2) is 5.54. The smallest absolute Gasteiger partial charge is 0.309 e. The monoisotopic (exact) mass is 297 g/mol. The summed E-state index contributed by atoms with van der Waals surface area (Å²) < 4.78 is 6.19. The zero-order valence-corrected chi connectivity index (χ0v) is 14.2. The molecule has 2 fully saturated rings. The molecule has 2 saturated heterocycles. The summed E-state index contributed by atoms with van der Waals surface area (Å²) in [6, 6.07) is 0.390. The lowest BCUT2D eigenvalue weighted by atomic mass is 9.74. The number of aliphatic carboxylic acids is 1. The van der Waals surface area contributed by atoms with Gasteiger partial charge in [-0.3, -0.25) is 9.69 Å². The molecule has 2 aliphatic heterocycles. The SMILES string of the molecule is CCCC1(C(=O)O)CCN(C2CC(C)(C)OC2(C)C)CC1. The Morgan fingerprint density at radius 3 is 2.19 bits per heavy atom. The van der Waals surface area contributed by atoms with Crippen LogP contribution in [0.4, 0.5) is 0 Å². The second-order valence-electron chi connectivity index (χ2n) is 8.06. The molecule has 21 heavy (non-hydrogen) atoms. The van der Waals surface area contributed by atoms with Gasteiger partial charge < -0.3 is 9.84 Å². The van der Waals surface area contributed by atoms with Crippen molar-refractivity contribution in [3.8, 4) is 0 Å². The topological polar surface area (TPSA) is 49.8 Å².